The molecule has 3 aromatic rings. The van der Waals surface area contributed by atoms with Gasteiger partial charge in [0.05, 0.1) is 0 Å². The van der Waals surface area contributed by atoms with Crippen LogP contribution in [-0.2, 0) is 0 Å². The van der Waals surface area contributed by atoms with Gasteiger partial charge in [-0.2, -0.15) is 0 Å². The molecule has 4 N–H and O–H groups in total. The summed E-state index contributed by atoms with van der Waals surface area (Å²) in [5, 5.41) is 10.9. The Bertz CT molecular complexity index is 1110. The van der Waals surface area contributed by atoms with Crippen molar-refractivity contribution < 1.29 is 19.2 Å². The molecule has 8 nitrogen and oxygen atoms in total. The Labute approximate surface area is 197 Å². The number of carbonyl (C=O) groups excluding carboxylic acids is 4. The van der Waals surface area contributed by atoms with E-state index in [0.29, 0.717) is 46.7 Å². The summed E-state index contributed by atoms with van der Waals surface area (Å²) in [6.07, 6.45) is 0. The first-order valence-electron chi connectivity index (χ1n) is 10.9. The first kappa shape index (κ1) is 24.2. The summed E-state index contributed by atoms with van der Waals surface area (Å²) in [5.74, 6) is -1.17. The van der Waals surface area contributed by atoms with E-state index in [1.165, 1.54) is 0 Å². The number of hydrogen-bond acceptors (Lipinski definition) is 4. The van der Waals surface area contributed by atoms with Gasteiger partial charge in [0.15, 0.2) is 0 Å². The van der Waals surface area contributed by atoms with Crippen LogP contribution in [0, 0.1) is 0 Å². The predicted octanol–water partition coefficient (Wildman–Crippen LogP) is 3.69. The lowest BCUT2D eigenvalue weighted by molar-refractivity contribution is 0.0947. The molecule has 0 unspecified atom stereocenters. The monoisotopic (exact) mass is 458 g/mol. The number of benzene rings is 3. The third-order valence-corrected chi connectivity index (χ3v) is 4.85. The topological polar surface area (TPSA) is 116 Å². The maximum absolute atomic E-state index is 12.6. The fourth-order valence-corrected chi connectivity index (χ4v) is 3.18. The molecule has 0 aliphatic carbocycles. The molecule has 8 heteroatoms. The molecule has 4 amide bonds. The number of anilines is 2. The zero-order chi connectivity index (χ0) is 24.5. The second kappa shape index (κ2) is 11.4. The standard InChI is InChI=1S/C26H26N4O4/c1-3-27-23(31)19-7-5-9-21(15-19)29-25(33)17-11-13-18(14-12-17)26(34)30-22-10-6-8-20(16-22)24(32)28-4-2/h5-16H,3-4H2,1-2H3,(H,27,31)(H,28,32)(H,29,33)(H,30,34). The largest absolute Gasteiger partial charge is 0.352 e. The summed E-state index contributed by atoms with van der Waals surface area (Å²) < 4.78 is 0. The molecule has 34 heavy (non-hydrogen) atoms. The van der Waals surface area contributed by atoms with E-state index in [0.717, 1.165) is 0 Å². The van der Waals surface area contributed by atoms with Crippen LogP contribution in [0.5, 0.6) is 0 Å². The van der Waals surface area contributed by atoms with Crippen molar-refractivity contribution in [1.29, 1.82) is 0 Å². The summed E-state index contributed by atoms with van der Waals surface area (Å²) in [7, 11) is 0. The van der Waals surface area contributed by atoms with Crippen molar-refractivity contribution in [2.45, 2.75) is 13.8 Å². The van der Waals surface area contributed by atoms with Gasteiger partial charge in [0.25, 0.3) is 23.6 Å². The van der Waals surface area contributed by atoms with Crippen LogP contribution in [0.1, 0.15) is 55.3 Å². The average molecular weight is 459 g/mol. The van der Waals surface area contributed by atoms with Crippen LogP contribution in [0.25, 0.3) is 0 Å². The van der Waals surface area contributed by atoms with Gasteiger partial charge in [0.1, 0.15) is 0 Å². The van der Waals surface area contributed by atoms with E-state index < -0.39 is 0 Å². The molecule has 3 rings (SSSR count). The third-order valence-electron chi connectivity index (χ3n) is 4.85. The SMILES string of the molecule is CCNC(=O)c1cccc(NC(=O)c2ccc(C(=O)Nc3cccc(C(=O)NCC)c3)cc2)c1. The van der Waals surface area contributed by atoms with Gasteiger partial charge < -0.3 is 21.3 Å². The molecule has 0 spiro atoms. The summed E-state index contributed by atoms with van der Waals surface area (Å²) in [5.41, 5.74) is 2.59. The van der Waals surface area contributed by atoms with Gasteiger partial charge in [-0.25, -0.2) is 0 Å². The first-order chi connectivity index (χ1) is 16.4. The van der Waals surface area contributed by atoms with Gasteiger partial charge in [-0.05, 0) is 74.5 Å². The minimum Gasteiger partial charge on any atom is -0.352 e. The molecule has 0 aliphatic rings. The van der Waals surface area contributed by atoms with Crippen molar-refractivity contribution in [2.24, 2.45) is 0 Å². The van der Waals surface area contributed by atoms with E-state index in [4.69, 9.17) is 0 Å². The molecular weight excluding hydrogens is 432 g/mol. The van der Waals surface area contributed by atoms with Gasteiger partial charge in [-0.3, -0.25) is 19.2 Å². The Morgan fingerprint density at radius 2 is 0.912 bits per heavy atom. The van der Waals surface area contributed by atoms with Crippen LogP contribution >= 0.6 is 0 Å². The fraction of sp³-hybridized carbons (Fsp3) is 0.154. The van der Waals surface area contributed by atoms with Gasteiger partial charge in [0, 0.05) is 46.7 Å². The number of amides is 4. The highest BCUT2D eigenvalue weighted by Gasteiger charge is 2.12. The predicted molar refractivity (Wildman–Crippen MR) is 131 cm³/mol. The summed E-state index contributed by atoms with van der Waals surface area (Å²) in [6, 6.07) is 19.5. The fourth-order valence-electron chi connectivity index (χ4n) is 3.18. The Kier molecular flexibility index (Phi) is 8.12. The molecule has 174 valence electrons. The van der Waals surface area contributed by atoms with Crippen molar-refractivity contribution in [2.75, 3.05) is 23.7 Å². The molecule has 0 saturated carbocycles. The van der Waals surface area contributed by atoms with Crippen LogP contribution in [0.4, 0.5) is 11.4 Å². The zero-order valence-corrected chi connectivity index (χ0v) is 19.0. The molecule has 0 aromatic heterocycles. The summed E-state index contributed by atoms with van der Waals surface area (Å²) in [6.45, 7) is 4.68. The molecule has 0 bridgehead atoms. The van der Waals surface area contributed by atoms with Crippen LogP contribution in [0.15, 0.2) is 72.8 Å². The number of rotatable bonds is 8. The van der Waals surface area contributed by atoms with Gasteiger partial charge in [-0.1, -0.05) is 12.1 Å². The lowest BCUT2D eigenvalue weighted by Gasteiger charge is -2.09. The molecule has 0 heterocycles. The highest BCUT2D eigenvalue weighted by molar-refractivity contribution is 6.08. The molecule has 0 radical (unpaired) electrons. The Morgan fingerprint density at radius 1 is 0.529 bits per heavy atom. The van der Waals surface area contributed by atoms with Crippen molar-refractivity contribution >= 4 is 35.0 Å². The van der Waals surface area contributed by atoms with Gasteiger partial charge >= 0.3 is 0 Å². The van der Waals surface area contributed by atoms with E-state index in [9.17, 15) is 19.2 Å². The van der Waals surface area contributed by atoms with E-state index in [-0.39, 0.29) is 23.6 Å². The van der Waals surface area contributed by atoms with Crippen LogP contribution in [0.2, 0.25) is 0 Å². The first-order valence-corrected chi connectivity index (χ1v) is 10.9. The summed E-state index contributed by atoms with van der Waals surface area (Å²) in [4.78, 5) is 49.2. The molecule has 0 aliphatic heterocycles. The minimum atomic E-state index is -0.366. The minimum absolute atomic E-state index is 0.217. The maximum Gasteiger partial charge on any atom is 0.255 e. The highest BCUT2D eigenvalue weighted by Crippen LogP contribution is 2.15. The van der Waals surface area contributed by atoms with Crippen LogP contribution < -0.4 is 21.3 Å². The van der Waals surface area contributed by atoms with Crippen molar-refractivity contribution in [1.82, 2.24) is 10.6 Å². The molecule has 3 aromatic carbocycles. The van der Waals surface area contributed by atoms with E-state index in [1.54, 1.807) is 72.8 Å². The van der Waals surface area contributed by atoms with Crippen molar-refractivity contribution in [3.63, 3.8) is 0 Å². The molecule has 0 fully saturated rings. The van der Waals surface area contributed by atoms with E-state index in [2.05, 4.69) is 21.3 Å². The van der Waals surface area contributed by atoms with Crippen LogP contribution in [0.3, 0.4) is 0 Å². The number of carbonyl (C=O) groups is 4. The quantitative estimate of drug-likeness (QED) is 0.412. The lowest BCUT2D eigenvalue weighted by Crippen LogP contribution is -2.23. The summed E-state index contributed by atoms with van der Waals surface area (Å²) >= 11 is 0. The van der Waals surface area contributed by atoms with Crippen molar-refractivity contribution in [3.8, 4) is 0 Å². The van der Waals surface area contributed by atoms with E-state index >= 15 is 0 Å². The van der Waals surface area contributed by atoms with E-state index in [1.807, 2.05) is 13.8 Å². The smallest absolute Gasteiger partial charge is 0.255 e. The lowest BCUT2D eigenvalue weighted by atomic mass is 10.1. The van der Waals surface area contributed by atoms with Crippen molar-refractivity contribution in [3.05, 3.63) is 95.1 Å². The highest BCUT2D eigenvalue weighted by atomic mass is 16.2. The second-order valence-electron chi connectivity index (χ2n) is 7.37. The number of hydrogen-bond donors (Lipinski definition) is 4. The number of nitrogens with one attached hydrogen (secondary N) is 4. The normalized spacial score (nSPS) is 10.2. The van der Waals surface area contributed by atoms with Crippen LogP contribution in [-0.4, -0.2) is 36.7 Å². The molecule has 0 atom stereocenters. The molecule has 0 saturated heterocycles. The zero-order valence-electron chi connectivity index (χ0n) is 19.0. The Hall–Kier alpha value is -4.46. The van der Waals surface area contributed by atoms with Gasteiger partial charge in [-0.15, -0.1) is 0 Å². The Morgan fingerprint density at radius 3 is 1.26 bits per heavy atom. The maximum atomic E-state index is 12.6. The van der Waals surface area contributed by atoms with Gasteiger partial charge in [0.2, 0.25) is 0 Å². The third kappa shape index (κ3) is 6.29. The second-order valence-corrected chi connectivity index (χ2v) is 7.37. The Balaban J connectivity index is 1.65. The average Bonchev–Trinajstić information content (AvgIpc) is 2.84. The molecular formula is C26H26N4O4.